The van der Waals surface area contributed by atoms with Crippen LogP contribution in [0.4, 0.5) is 0 Å². The van der Waals surface area contributed by atoms with Gasteiger partial charge in [-0.15, -0.1) is 0 Å². The summed E-state index contributed by atoms with van der Waals surface area (Å²) in [5.41, 5.74) is 0.852. The van der Waals surface area contributed by atoms with E-state index in [9.17, 15) is 22.8 Å². The Hall–Kier alpha value is -2.80. The Bertz CT molecular complexity index is 920. The van der Waals surface area contributed by atoms with Crippen LogP contribution in [0.25, 0.3) is 0 Å². The third-order valence-corrected chi connectivity index (χ3v) is 5.72. The second-order valence-electron chi connectivity index (χ2n) is 6.16. The first-order valence-corrected chi connectivity index (χ1v) is 9.59. The summed E-state index contributed by atoms with van der Waals surface area (Å²) in [5.74, 6) is -4.07. The quantitative estimate of drug-likeness (QED) is 0.827. The van der Waals surface area contributed by atoms with E-state index in [2.05, 4.69) is 0 Å². The maximum Gasteiger partial charge on any atom is 0.264 e. The summed E-state index contributed by atoms with van der Waals surface area (Å²) in [5, 5.41) is 0. The Labute approximate surface area is 151 Å². The highest BCUT2D eigenvalue weighted by molar-refractivity contribution is 7.90. The van der Waals surface area contributed by atoms with Gasteiger partial charge >= 0.3 is 0 Å². The van der Waals surface area contributed by atoms with E-state index in [4.69, 9.17) is 0 Å². The molecule has 1 aliphatic rings. The van der Waals surface area contributed by atoms with E-state index in [1.165, 1.54) is 24.3 Å². The molecule has 7 heteroatoms. The van der Waals surface area contributed by atoms with Crippen molar-refractivity contribution in [2.24, 2.45) is 5.92 Å². The highest BCUT2D eigenvalue weighted by Gasteiger charge is 2.41. The molecular weight excluding hydrogens is 354 g/mol. The van der Waals surface area contributed by atoms with Gasteiger partial charge < -0.3 is 0 Å². The van der Waals surface area contributed by atoms with Crippen molar-refractivity contribution in [3.05, 3.63) is 66.2 Å². The maximum atomic E-state index is 12.4. The largest absolute Gasteiger partial charge is 0.298 e. The molecule has 0 bridgehead atoms. The fraction of sp³-hybridized carbons (Fsp3) is 0.211. The van der Waals surface area contributed by atoms with Crippen molar-refractivity contribution in [3.8, 4) is 0 Å². The first-order valence-electron chi connectivity index (χ1n) is 8.10. The molecule has 26 heavy (non-hydrogen) atoms. The minimum atomic E-state index is -4.13. The molecule has 0 unspecified atom stereocenters. The molecular formula is C19H17NO5S. The predicted molar refractivity (Wildman–Crippen MR) is 93.7 cm³/mol. The van der Waals surface area contributed by atoms with Gasteiger partial charge in [0.1, 0.15) is 0 Å². The molecule has 1 saturated carbocycles. The number of amides is 1. The maximum absolute atomic E-state index is 12.4. The molecule has 2 aromatic rings. The number of benzene rings is 2. The van der Waals surface area contributed by atoms with Gasteiger partial charge in [0.2, 0.25) is 0 Å². The third-order valence-electron chi connectivity index (χ3n) is 4.36. The van der Waals surface area contributed by atoms with E-state index in [1.807, 2.05) is 35.1 Å². The number of hydrogen-bond donors (Lipinski definition) is 1. The average molecular weight is 371 g/mol. The Morgan fingerprint density at radius 1 is 0.846 bits per heavy atom. The summed E-state index contributed by atoms with van der Waals surface area (Å²) in [4.78, 5) is 37.0. The molecule has 1 fully saturated rings. The van der Waals surface area contributed by atoms with Crippen LogP contribution in [-0.2, 0) is 24.4 Å². The zero-order chi connectivity index (χ0) is 18.7. The molecule has 0 radical (unpaired) electrons. The lowest BCUT2D eigenvalue weighted by Crippen LogP contribution is -2.45. The summed E-state index contributed by atoms with van der Waals surface area (Å²) in [7, 11) is -4.13. The van der Waals surface area contributed by atoms with E-state index < -0.39 is 33.4 Å². The molecule has 0 aromatic heterocycles. The number of rotatable bonds is 4. The lowest BCUT2D eigenvalue weighted by atomic mass is 9.77. The SMILES string of the molecule is O=C1CC(c2ccccc2)CC(=O)C1C(=O)NS(=O)(=O)c1ccccc1. The van der Waals surface area contributed by atoms with Crippen molar-refractivity contribution < 1.29 is 22.8 Å². The van der Waals surface area contributed by atoms with E-state index in [0.29, 0.717) is 0 Å². The number of Topliss-reactive ketones (excluding diaryl/α,β-unsaturated/α-hetero) is 2. The van der Waals surface area contributed by atoms with Gasteiger partial charge in [-0.25, -0.2) is 13.1 Å². The molecule has 1 aliphatic carbocycles. The van der Waals surface area contributed by atoms with Gasteiger partial charge in [-0.3, -0.25) is 14.4 Å². The first kappa shape index (κ1) is 18.0. The Morgan fingerprint density at radius 3 is 1.88 bits per heavy atom. The molecule has 0 aliphatic heterocycles. The summed E-state index contributed by atoms with van der Waals surface area (Å²) in [6.45, 7) is 0. The van der Waals surface area contributed by atoms with Crippen LogP contribution in [0.5, 0.6) is 0 Å². The zero-order valence-electron chi connectivity index (χ0n) is 13.8. The minimum Gasteiger partial charge on any atom is -0.298 e. The monoisotopic (exact) mass is 371 g/mol. The molecule has 0 saturated heterocycles. The highest BCUT2D eigenvalue weighted by Crippen LogP contribution is 2.32. The fourth-order valence-electron chi connectivity index (χ4n) is 3.08. The summed E-state index contributed by atoms with van der Waals surface area (Å²) < 4.78 is 26.3. The smallest absolute Gasteiger partial charge is 0.264 e. The summed E-state index contributed by atoms with van der Waals surface area (Å²) in [6, 6.07) is 16.4. The number of carbonyl (C=O) groups is 3. The van der Waals surface area contributed by atoms with Crippen molar-refractivity contribution >= 4 is 27.5 Å². The number of nitrogens with one attached hydrogen (secondary N) is 1. The number of ketones is 2. The van der Waals surface area contributed by atoms with E-state index in [0.717, 1.165) is 5.56 Å². The number of hydrogen-bond acceptors (Lipinski definition) is 5. The van der Waals surface area contributed by atoms with Gasteiger partial charge in [0.25, 0.3) is 15.9 Å². The number of carbonyl (C=O) groups excluding carboxylic acids is 3. The molecule has 3 rings (SSSR count). The van der Waals surface area contributed by atoms with Gasteiger partial charge in [-0.05, 0) is 23.6 Å². The van der Waals surface area contributed by atoms with Crippen LogP contribution in [0.1, 0.15) is 24.3 Å². The molecule has 2 aromatic carbocycles. The second-order valence-corrected chi connectivity index (χ2v) is 7.85. The topological polar surface area (TPSA) is 97.4 Å². The highest BCUT2D eigenvalue weighted by atomic mass is 32.2. The van der Waals surface area contributed by atoms with Gasteiger partial charge in [-0.2, -0.15) is 0 Å². The van der Waals surface area contributed by atoms with Gasteiger partial charge in [0.15, 0.2) is 17.5 Å². The van der Waals surface area contributed by atoms with E-state index >= 15 is 0 Å². The Morgan fingerprint density at radius 2 is 1.35 bits per heavy atom. The molecule has 0 spiro atoms. The van der Waals surface area contributed by atoms with Crippen LogP contribution in [-0.4, -0.2) is 25.9 Å². The van der Waals surface area contributed by atoms with Crippen molar-refractivity contribution in [2.75, 3.05) is 0 Å². The van der Waals surface area contributed by atoms with Crippen molar-refractivity contribution in [1.82, 2.24) is 4.72 Å². The first-order chi connectivity index (χ1) is 12.4. The van der Waals surface area contributed by atoms with Gasteiger partial charge in [-0.1, -0.05) is 48.5 Å². The second kappa shape index (κ2) is 7.21. The normalized spacial score (nSPS) is 20.6. The molecule has 134 valence electrons. The van der Waals surface area contributed by atoms with Crippen molar-refractivity contribution in [2.45, 2.75) is 23.7 Å². The molecule has 0 heterocycles. The van der Waals surface area contributed by atoms with Crippen LogP contribution in [0.15, 0.2) is 65.6 Å². The zero-order valence-corrected chi connectivity index (χ0v) is 14.6. The third kappa shape index (κ3) is 3.72. The van der Waals surface area contributed by atoms with Crippen molar-refractivity contribution in [3.63, 3.8) is 0 Å². The molecule has 6 nitrogen and oxygen atoms in total. The van der Waals surface area contributed by atoms with Crippen molar-refractivity contribution in [1.29, 1.82) is 0 Å². The fourth-order valence-corrected chi connectivity index (χ4v) is 4.09. The lowest BCUT2D eigenvalue weighted by Gasteiger charge is -2.25. The Kier molecular flexibility index (Phi) is 4.99. The molecule has 1 N–H and O–H groups in total. The summed E-state index contributed by atoms with van der Waals surface area (Å²) in [6.07, 6.45) is 0.0540. The molecule has 0 atom stereocenters. The van der Waals surface area contributed by atoms with Crippen LogP contribution >= 0.6 is 0 Å². The minimum absolute atomic E-state index is 0.0270. The predicted octanol–water partition coefficient (Wildman–Crippen LogP) is 1.82. The van der Waals surface area contributed by atoms with Crippen LogP contribution in [0.2, 0.25) is 0 Å². The van der Waals surface area contributed by atoms with Crippen LogP contribution in [0.3, 0.4) is 0 Å². The van der Waals surface area contributed by atoms with E-state index in [1.54, 1.807) is 6.07 Å². The van der Waals surface area contributed by atoms with Gasteiger partial charge in [0.05, 0.1) is 4.90 Å². The number of sulfonamides is 1. The van der Waals surface area contributed by atoms with Crippen LogP contribution < -0.4 is 4.72 Å². The Balaban J connectivity index is 1.75. The van der Waals surface area contributed by atoms with Crippen LogP contribution in [0, 0.1) is 5.92 Å². The van der Waals surface area contributed by atoms with Gasteiger partial charge in [0, 0.05) is 12.8 Å². The molecule has 1 amide bonds. The lowest BCUT2D eigenvalue weighted by molar-refractivity contribution is -0.142. The van der Waals surface area contributed by atoms with E-state index in [-0.39, 0.29) is 23.7 Å². The summed E-state index contributed by atoms with van der Waals surface area (Å²) >= 11 is 0. The standard InChI is InChI=1S/C19H17NO5S/c21-16-11-14(13-7-3-1-4-8-13)12-17(22)18(16)19(23)20-26(24,25)15-9-5-2-6-10-15/h1-10,14,18H,11-12H2,(H,20,23). The average Bonchev–Trinajstić information content (AvgIpc) is 2.62.